The Kier molecular flexibility index (Phi) is 3.98. The molecule has 0 amide bonds. The molecule has 0 N–H and O–H groups in total. The van der Waals surface area contributed by atoms with E-state index in [1.807, 2.05) is 30.3 Å². The van der Waals surface area contributed by atoms with E-state index in [-0.39, 0.29) is 5.39 Å². The van der Waals surface area contributed by atoms with Crippen LogP contribution in [0.5, 0.6) is 11.5 Å². The molecule has 144 valence electrons. The number of hydrogen-bond acceptors (Lipinski definition) is 6. The summed E-state index contributed by atoms with van der Waals surface area (Å²) < 4.78 is 22.2. The van der Waals surface area contributed by atoms with Gasteiger partial charge in [0.05, 0.1) is 19.3 Å². The summed E-state index contributed by atoms with van der Waals surface area (Å²) >= 11 is 0. The molecule has 29 heavy (non-hydrogen) atoms. The summed E-state index contributed by atoms with van der Waals surface area (Å²) in [4.78, 5) is 25.3. The van der Waals surface area contributed by atoms with Crippen molar-refractivity contribution in [3.8, 4) is 34.1 Å². The summed E-state index contributed by atoms with van der Waals surface area (Å²) in [6.07, 6.45) is 0.476. The highest BCUT2D eigenvalue weighted by molar-refractivity contribution is 5.91. The van der Waals surface area contributed by atoms with E-state index < -0.39 is 11.3 Å². The van der Waals surface area contributed by atoms with Crippen LogP contribution in [0.15, 0.2) is 73.0 Å². The highest BCUT2D eigenvalue weighted by atomic mass is 16.5. The van der Waals surface area contributed by atoms with Crippen molar-refractivity contribution in [2.24, 2.45) is 0 Å². The van der Waals surface area contributed by atoms with E-state index in [9.17, 15) is 9.59 Å². The predicted octanol–water partition coefficient (Wildman–Crippen LogP) is 4.02. The molecule has 0 unspecified atom stereocenters. The van der Waals surface area contributed by atoms with Crippen molar-refractivity contribution in [2.45, 2.75) is 6.42 Å². The van der Waals surface area contributed by atoms with Crippen LogP contribution in [0.25, 0.3) is 33.4 Å². The zero-order chi connectivity index (χ0) is 20.0. The minimum absolute atomic E-state index is 0.0882. The first kappa shape index (κ1) is 17.3. The summed E-state index contributed by atoms with van der Waals surface area (Å²) in [6, 6.07) is 16.3. The van der Waals surface area contributed by atoms with Gasteiger partial charge in [-0.25, -0.2) is 9.59 Å². The number of benzene rings is 2. The second-order valence-electron chi connectivity index (χ2n) is 6.71. The van der Waals surface area contributed by atoms with Gasteiger partial charge in [-0.2, -0.15) is 0 Å². The first-order valence-corrected chi connectivity index (χ1v) is 9.16. The third-order valence-electron chi connectivity index (χ3n) is 5.05. The number of hydrogen-bond donors (Lipinski definition) is 0. The Bertz CT molecular complexity index is 1350. The van der Waals surface area contributed by atoms with E-state index in [0.717, 1.165) is 11.1 Å². The summed E-state index contributed by atoms with van der Waals surface area (Å²) in [5.41, 5.74) is 0.652. The van der Waals surface area contributed by atoms with Crippen LogP contribution in [0.4, 0.5) is 0 Å². The minimum atomic E-state index is -0.734. The molecule has 4 aromatic rings. The van der Waals surface area contributed by atoms with Crippen molar-refractivity contribution in [1.29, 1.82) is 0 Å². The fourth-order valence-electron chi connectivity index (χ4n) is 3.67. The van der Waals surface area contributed by atoms with Gasteiger partial charge in [0.25, 0.3) is 0 Å². The Morgan fingerprint density at radius 3 is 2.52 bits per heavy atom. The van der Waals surface area contributed by atoms with Crippen LogP contribution in [-0.4, -0.2) is 13.7 Å². The SMILES string of the molecule is COc1ccc2c(c1)-c1oc(=O)c3c(=O)oc(-c4ccccc4)cc3c1CCO2. The molecule has 5 rings (SSSR count). The van der Waals surface area contributed by atoms with Crippen molar-refractivity contribution in [1.82, 2.24) is 0 Å². The Morgan fingerprint density at radius 1 is 0.931 bits per heavy atom. The van der Waals surface area contributed by atoms with Gasteiger partial charge in [-0.15, -0.1) is 0 Å². The molecule has 6 heteroatoms. The lowest BCUT2D eigenvalue weighted by Crippen LogP contribution is -2.14. The van der Waals surface area contributed by atoms with Crippen LogP contribution in [0, 0.1) is 0 Å². The molecule has 0 saturated carbocycles. The maximum Gasteiger partial charge on any atom is 0.351 e. The van der Waals surface area contributed by atoms with Crippen molar-refractivity contribution >= 4 is 10.8 Å². The third kappa shape index (κ3) is 2.81. The first-order chi connectivity index (χ1) is 14.2. The molecule has 0 saturated heterocycles. The van der Waals surface area contributed by atoms with Crippen LogP contribution in [0.3, 0.4) is 0 Å². The van der Waals surface area contributed by atoms with Crippen LogP contribution in [0.2, 0.25) is 0 Å². The average molecular weight is 388 g/mol. The van der Waals surface area contributed by atoms with E-state index >= 15 is 0 Å². The molecule has 0 aliphatic carbocycles. The zero-order valence-electron chi connectivity index (χ0n) is 15.6. The van der Waals surface area contributed by atoms with Crippen LogP contribution < -0.4 is 20.7 Å². The zero-order valence-corrected chi connectivity index (χ0v) is 15.6. The van der Waals surface area contributed by atoms with Crippen LogP contribution in [0.1, 0.15) is 5.56 Å². The second kappa shape index (κ2) is 6.67. The molecule has 2 aromatic heterocycles. The number of ether oxygens (including phenoxy) is 2. The fourth-order valence-corrected chi connectivity index (χ4v) is 3.67. The van der Waals surface area contributed by atoms with Gasteiger partial charge in [0, 0.05) is 22.9 Å². The summed E-state index contributed by atoms with van der Waals surface area (Å²) in [7, 11) is 1.56. The Hall–Kier alpha value is -3.80. The van der Waals surface area contributed by atoms with Crippen LogP contribution in [-0.2, 0) is 6.42 Å². The van der Waals surface area contributed by atoms with Gasteiger partial charge in [0.1, 0.15) is 23.0 Å². The van der Waals surface area contributed by atoms with Crippen molar-refractivity contribution in [3.63, 3.8) is 0 Å². The van der Waals surface area contributed by atoms with Gasteiger partial charge in [0.15, 0.2) is 5.39 Å². The number of rotatable bonds is 2. The lowest BCUT2D eigenvalue weighted by Gasteiger charge is -2.11. The van der Waals surface area contributed by atoms with E-state index in [1.54, 1.807) is 31.4 Å². The van der Waals surface area contributed by atoms with Crippen molar-refractivity contribution in [2.75, 3.05) is 13.7 Å². The Balaban J connectivity index is 1.86. The average Bonchev–Trinajstić information content (AvgIpc) is 2.93. The summed E-state index contributed by atoms with van der Waals surface area (Å²) in [5.74, 6) is 1.99. The standard InChI is InChI=1S/C23H16O6/c1-26-14-7-8-18-17(11-14)21-15(9-10-27-18)16-12-19(13-5-3-2-4-6-13)28-22(24)20(16)23(25)29-21/h2-8,11-12H,9-10H2,1H3. The monoisotopic (exact) mass is 388 g/mol. The van der Waals surface area contributed by atoms with Crippen molar-refractivity contribution < 1.29 is 18.3 Å². The molecule has 0 bridgehead atoms. The van der Waals surface area contributed by atoms with Gasteiger partial charge < -0.3 is 18.3 Å². The molecule has 3 heterocycles. The molecule has 1 aliphatic rings. The Morgan fingerprint density at radius 2 is 1.72 bits per heavy atom. The summed E-state index contributed by atoms with van der Waals surface area (Å²) in [6.45, 7) is 0.385. The molecule has 0 spiro atoms. The molecule has 0 radical (unpaired) electrons. The third-order valence-corrected chi connectivity index (χ3v) is 5.05. The molecular formula is C23H16O6. The lowest BCUT2D eigenvalue weighted by molar-refractivity contribution is 0.326. The predicted molar refractivity (Wildman–Crippen MR) is 108 cm³/mol. The van der Waals surface area contributed by atoms with Gasteiger partial charge in [-0.05, 0) is 24.3 Å². The maximum atomic E-state index is 12.7. The van der Waals surface area contributed by atoms with Gasteiger partial charge in [0.2, 0.25) is 0 Å². The second-order valence-corrected chi connectivity index (χ2v) is 6.71. The van der Waals surface area contributed by atoms with Gasteiger partial charge >= 0.3 is 11.3 Å². The first-order valence-electron chi connectivity index (χ1n) is 9.16. The summed E-state index contributed by atoms with van der Waals surface area (Å²) in [5, 5.41) is 0.431. The van der Waals surface area contributed by atoms with E-state index in [0.29, 0.717) is 47.0 Å². The topological polar surface area (TPSA) is 78.9 Å². The van der Waals surface area contributed by atoms with Crippen molar-refractivity contribution in [3.05, 3.63) is 81.0 Å². The van der Waals surface area contributed by atoms with Crippen LogP contribution >= 0.6 is 0 Å². The number of methoxy groups -OCH3 is 1. The highest BCUT2D eigenvalue weighted by Crippen LogP contribution is 2.39. The van der Waals surface area contributed by atoms with Gasteiger partial charge in [-0.1, -0.05) is 30.3 Å². The lowest BCUT2D eigenvalue weighted by atomic mass is 9.99. The maximum absolute atomic E-state index is 12.7. The fraction of sp³-hybridized carbons (Fsp3) is 0.130. The molecule has 0 fully saturated rings. The number of fused-ring (bicyclic) bond motifs is 5. The molecular weight excluding hydrogens is 372 g/mol. The largest absolute Gasteiger partial charge is 0.497 e. The quantitative estimate of drug-likeness (QED) is 0.516. The minimum Gasteiger partial charge on any atom is -0.497 e. The highest BCUT2D eigenvalue weighted by Gasteiger charge is 2.24. The van der Waals surface area contributed by atoms with E-state index in [2.05, 4.69) is 0 Å². The Labute approximate surface area is 164 Å². The molecule has 2 aromatic carbocycles. The molecule has 1 aliphatic heterocycles. The normalized spacial score (nSPS) is 12.6. The molecule has 0 atom stereocenters. The van der Waals surface area contributed by atoms with Gasteiger partial charge in [-0.3, -0.25) is 0 Å². The smallest absolute Gasteiger partial charge is 0.351 e. The van der Waals surface area contributed by atoms with E-state index in [1.165, 1.54) is 0 Å². The molecule has 6 nitrogen and oxygen atoms in total. The van der Waals surface area contributed by atoms with E-state index in [4.69, 9.17) is 18.3 Å².